The molecule has 1 atom stereocenters. The average Bonchev–Trinajstić information content (AvgIpc) is 2.38. The molecule has 104 valence electrons. The van der Waals surface area contributed by atoms with Crippen LogP contribution in [0.25, 0.3) is 0 Å². The van der Waals surface area contributed by atoms with Crippen molar-refractivity contribution < 1.29 is 0 Å². The molecule has 0 saturated heterocycles. The van der Waals surface area contributed by atoms with E-state index >= 15 is 0 Å². The summed E-state index contributed by atoms with van der Waals surface area (Å²) in [5.41, 5.74) is 5.12. The van der Waals surface area contributed by atoms with Crippen molar-refractivity contribution >= 4 is 11.5 Å². The quantitative estimate of drug-likeness (QED) is 0.661. The van der Waals surface area contributed by atoms with Crippen molar-refractivity contribution in [1.29, 1.82) is 0 Å². The van der Waals surface area contributed by atoms with Gasteiger partial charge in [-0.2, -0.15) is 0 Å². The van der Waals surface area contributed by atoms with Crippen molar-refractivity contribution in [3.63, 3.8) is 0 Å². The van der Waals surface area contributed by atoms with Gasteiger partial charge in [-0.05, 0) is 12.8 Å². The van der Waals surface area contributed by atoms with Crippen LogP contribution in [0.4, 0.5) is 11.5 Å². The van der Waals surface area contributed by atoms with E-state index in [2.05, 4.69) is 16.2 Å². The Morgan fingerprint density at radius 1 is 1.47 bits per heavy atom. The first-order chi connectivity index (χ1) is 9.04. The molecule has 4 N–H and O–H groups in total. The fourth-order valence-corrected chi connectivity index (χ4v) is 1.82. The maximum atomic E-state index is 11.8. The topological polar surface area (TPSA) is 92.9 Å². The monoisotopic (exact) mass is 264 g/mol. The number of aromatic amines is 1. The third-order valence-electron chi connectivity index (χ3n) is 2.89. The molecule has 1 rings (SSSR count). The fraction of sp³-hybridized carbons (Fsp3) is 0.538. The first kappa shape index (κ1) is 14.9. The molecule has 19 heavy (non-hydrogen) atoms. The maximum Gasteiger partial charge on any atom is 0.330 e. The van der Waals surface area contributed by atoms with Crippen molar-refractivity contribution in [2.45, 2.75) is 45.7 Å². The van der Waals surface area contributed by atoms with Crippen LogP contribution in [-0.2, 0) is 6.54 Å². The van der Waals surface area contributed by atoms with E-state index in [1.165, 1.54) is 4.57 Å². The van der Waals surface area contributed by atoms with Crippen molar-refractivity contribution in [3.05, 3.63) is 20.8 Å². The number of nitrogens with zero attached hydrogens (tertiary/aromatic N) is 1. The van der Waals surface area contributed by atoms with Crippen LogP contribution in [0.5, 0.6) is 0 Å². The van der Waals surface area contributed by atoms with Gasteiger partial charge in [0.05, 0.1) is 0 Å². The lowest BCUT2D eigenvalue weighted by atomic mass is 10.1. The zero-order valence-corrected chi connectivity index (χ0v) is 11.3. The lowest BCUT2D eigenvalue weighted by Gasteiger charge is -2.18. The highest BCUT2D eigenvalue weighted by Gasteiger charge is 2.14. The molecule has 0 bridgehead atoms. The van der Waals surface area contributed by atoms with Gasteiger partial charge in [-0.3, -0.25) is 14.3 Å². The molecular weight excluding hydrogens is 244 g/mol. The summed E-state index contributed by atoms with van der Waals surface area (Å²) in [7, 11) is 0. The van der Waals surface area contributed by atoms with E-state index in [1.54, 1.807) is 0 Å². The number of hydrogen-bond acceptors (Lipinski definition) is 4. The summed E-state index contributed by atoms with van der Waals surface area (Å²) in [6, 6.07) is -0.0408. The number of hydrogen-bond donors (Lipinski definition) is 3. The Hall–Kier alpha value is -2.16. The van der Waals surface area contributed by atoms with Gasteiger partial charge in [-0.15, -0.1) is 12.3 Å². The van der Waals surface area contributed by atoms with E-state index in [-0.39, 0.29) is 17.5 Å². The van der Waals surface area contributed by atoms with Gasteiger partial charge in [-0.1, -0.05) is 13.8 Å². The van der Waals surface area contributed by atoms with Gasteiger partial charge >= 0.3 is 5.69 Å². The number of nitrogens with one attached hydrogen (secondary N) is 2. The Kier molecular flexibility index (Phi) is 5.24. The van der Waals surface area contributed by atoms with Crippen LogP contribution < -0.4 is 22.3 Å². The van der Waals surface area contributed by atoms with Gasteiger partial charge in [0.2, 0.25) is 0 Å². The molecule has 0 aliphatic carbocycles. The fourth-order valence-electron chi connectivity index (χ4n) is 1.82. The molecule has 1 aromatic rings. The van der Waals surface area contributed by atoms with Crippen LogP contribution in [0, 0.1) is 12.3 Å². The number of H-pyrrole nitrogens is 1. The zero-order chi connectivity index (χ0) is 14.4. The van der Waals surface area contributed by atoms with E-state index < -0.39 is 11.2 Å². The highest BCUT2D eigenvalue weighted by atomic mass is 16.2. The minimum Gasteiger partial charge on any atom is -0.383 e. The lowest BCUT2D eigenvalue weighted by molar-refractivity contribution is 0.638. The predicted molar refractivity (Wildman–Crippen MR) is 77.2 cm³/mol. The van der Waals surface area contributed by atoms with Gasteiger partial charge in [0, 0.05) is 19.0 Å². The zero-order valence-electron chi connectivity index (χ0n) is 11.3. The number of terminal acetylenes is 1. The van der Waals surface area contributed by atoms with E-state index in [0.717, 1.165) is 12.8 Å². The third-order valence-corrected chi connectivity index (χ3v) is 2.89. The van der Waals surface area contributed by atoms with Crippen molar-refractivity contribution in [1.82, 2.24) is 9.55 Å². The predicted octanol–water partition coefficient (Wildman–Crippen LogP) is 0.743. The summed E-state index contributed by atoms with van der Waals surface area (Å²) < 4.78 is 1.35. The summed E-state index contributed by atoms with van der Waals surface area (Å²) in [6.07, 6.45) is 7.27. The van der Waals surface area contributed by atoms with Gasteiger partial charge in [-0.25, -0.2) is 4.79 Å². The van der Waals surface area contributed by atoms with Crippen LogP contribution in [0.15, 0.2) is 9.59 Å². The van der Waals surface area contributed by atoms with E-state index in [0.29, 0.717) is 13.0 Å². The van der Waals surface area contributed by atoms with Crippen LogP contribution >= 0.6 is 0 Å². The first-order valence-corrected chi connectivity index (χ1v) is 6.37. The molecule has 0 radical (unpaired) electrons. The summed E-state index contributed by atoms with van der Waals surface area (Å²) in [6.45, 7) is 4.35. The second kappa shape index (κ2) is 6.69. The number of nitrogens with two attached hydrogens (primary N) is 1. The summed E-state index contributed by atoms with van der Waals surface area (Å²) in [5, 5.41) is 3.02. The molecule has 1 heterocycles. The second-order valence-corrected chi connectivity index (χ2v) is 4.33. The average molecular weight is 264 g/mol. The molecule has 0 fully saturated rings. The molecular formula is C13H20N4O2. The van der Waals surface area contributed by atoms with Gasteiger partial charge in [0.15, 0.2) is 0 Å². The Morgan fingerprint density at radius 3 is 2.68 bits per heavy atom. The molecule has 6 nitrogen and oxygen atoms in total. The van der Waals surface area contributed by atoms with Crippen molar-refractivity contribution in [3.8, 4) is 12.3 Å². The van der Waals surface area contributed by atoms with Gasteiger partial charge < -0.3 is 11.1 Å². The molecule has 6 heteroatoms. The van der Waals surface area contributed by atoms with Gasteiger partial charge in [0.1, 0.15) is 11.5 Å². The normalized spacial score (nSPS) is 11.8. The number of nitrogen functional groups attached to an aromatic ring is 1. The second-order valence-electron chi connectivity index (χ2n) is 4.33. The number of anilines is 2. The maximum absolute atomic E-state index is 11.8. The van der Waals surface area contributed by atoms with E-state index in [4.69, 9.17) is 12.2 Å². The molecule has 0 aliphatic rings. The van der Waals surface area contributed by atoms with E-state index in [1.807, 2.05) is 13.8 Å². The van der Waals surface area contributed by atoms with Crippen LogP contribution in [-0.4, -0.2) is 15.6 Å². The molecule has 1 unspecified atom stereocenters. The largest absolute Gasteiger partial charge is 0.383 e. The summed E-state index contributed by atoms with van der Waals surface area (Å²) in [5.74, 6) is 2.70. The standard InChI is InChI=1S/C13H20N4O2/c1-4-7-9(6-3)15-10-11(14)17(8-5-2)13(19)16-12(10)18/h1,9,15H,5-8,14H2,2-3H3,(H,16,18,19). The molecule has 0 aliphatic heterocycles. The minimum atomic E-state index is -0.509. The van der Waals surface area contributed by atoms with Crippen LogP contribution in [0.2, 0.25) is 0 Å². The van der Waals surface area contributed by atoms with Crippen LogP contribution in [0.3, 0.4) is 0 Å². The Morgan fingerprint density at radius 2 is 2.16 bits per heavy atom. The Bertz CT molecular complexity index is 580. The summed E-state index contributed by atoms with van der Waals surface area (Å²) in [4.78, 5) is 25.7. The molecule has 0 amide bonds. The molecule has 1 aromatic heterocycles. The first-order valence-electron chi connectivity index (χ1n) is 6.37. The molecule has 0 spiro atoms. The lowest BCUT2D eigenvalue weighted by Crippen LogP contribution is -2.35. The van der Waals surface area contributed by atoms with Crippen molar-refractivity contribution in [2.24, 2.45) is 0 Å². The Labute approximate surface area is 112 Å². The smallest absolute Gasteiger partial charge is 0.330 e. The third kappa shape index (κ3) is 3.41. The highest BCUT2D eigenvalue weighted by Crippen LogP contribution is 2.14. The SMILES string of the molecule is C#CCC(CC)Nc1c(N)n(CCC)c(=O)[nH]c1=O. The number of rotatable bonds is 6. The molecule has 0 saturated carbocycles. The van der Waals surface area contributed by atoms with Gasteiger partial charge in [0.25, 0.3) is 5.56 Å². The highest BCUT2D eigenvalue weighted by molar-refractivity contribution is 5.60. The summed E-state index contributed by atoms with van der Waals surface area (Å²) >= 11 is 0. The number of aromatic nitrogens is 2. The minimum absolute atomic E-state index is 0.0408. The van der Waals surface area contributed by atoms with E-state index in [9.17, 15) is 9.59 Å². The Balaban J connectivity index is 3.21. The van der Waals surface area contributed by atoms with Crippen LogP contribution in [0.1, 0.15) is 33.1 Å². The molecule has 0 aromatic carbocycles. The van der Waals surface area contributed by atoms with Crippen molar-refractivity contribution in [2.75, 3.05) is 11.1 Å².